The molecule has 3 aliphatic rings. The van der Waals surface area contributed by atoms with Crippen LogP contribution in [0.3, 0.4) is 0 Å². The Kier molecular flexibility index (Phi) is 29.0. The Bertz CT molecular complexity index is 2750. The largest absolute Gasteiger partial charge is 1.00 e. The van der Waals surface area contributed by atoms with Crippen molar-refractivity contribution in [2.75, 3.05) is 39.9 Å². The van der Waals surface area contributed by atoms with Crippen LogP contribution in [0.25, 0.3) is 0 Å². The summed E-state index contributed by atoms with van der Waals surface area (Å²) in [4.78, 5) is 55.6. The number of ether oxygens (including phenoxy) is 3. The number of carbonyl (C=O) groups excluding carboxylic acids is 4. The Balaban J connectivity index is 0.000000335. The van der Waals surface area contributed by atoms with Gasteiger partial charge in [0.05, 0.1) is 42.1 Å². The van der Waals surface area contributed by atoms with Crippen LogP contribution in [0, 0.1) is 4.64 Å². The molecular weight excluding hydrogens is 1310 g/mol. The molecule has 3 aromatic carbocycles. The third-order valence-corrected chi connectivity index (χ3v) is 28.5. The zero-order valence-electron chi connectivity index (χ0n) is 44.1. The van der Waals surface area contributed by atoms with Gasteiger partial charge in [-0.2, -0.15) is 4.73 Å². The fraction of sp³-hybridized carbons (Fsp3) is 0.431. The van der Waals surface area contributed by atoms with Crippen LogP contribution in [0.1, 0.15) is 114 Å². The van der Waals surface area contributed by atoms with E-state index in [1.54, 1.807) is 67.1 Å². The quantitative estimate of drug-likeness (QED) is 0.0291. The number of aliphatic hydroxyl groups is 3. The number of methoxy groups -OCH3 is 1. The van der Waals surface area contributed by atoms with Crippen molar-refractivity contribution in [3.8, 4) is 17.2 Å². The van der Waals surface area contributed by atoms with E-state index in [4.69, 9.17) is 49.6 Å². The number of hydrogen-bond donors (Lipinski definition) is 7. The van der Waals surface area contributed by atoms with Crippen LogP contribution >= 0.6 is 66.5 Å². The predicted molar refractivity (Wildman–Crippen MR) is 298 cm³/mol. The molecule has 2 heterocycles. The molecule has 7 rings (SSSR count). The van der Waals surface area contributed by atoms with Gasteiger partial charge in [-0.1, -0.05) is 54.9 Å². The maximum absolute atomic E-state index is 13.6. The van der Waals surface area contributed by atoms with Crippen LogP contribution < -0.4 is 45.1 Å². The molecule has 0 saturated carbocycles. The maximum atomic E-state index is 13.6. The first kappa shape index (κ1) is 68.5. The second kappa shape index (κ2) is 32.6. The van der Waals surface area contributed by atoms with Crippen molar-refractivity contribution in [2.24, 2.45) is 5.73 Å². The van der Waals surface area contributed by atoms with Crippen LogP contribution in [-0.2, 0) is 43.7 Å². The molecular formula is C51H63HgN4NaO14S6. The Morgan fingerprint density at radius 3 is 2.00 bits per heavy atom. The van der Waals surface area contributed by atoms with E-state index in [2.05, 4.69) is 56.6 Å². The molecule has 18 nitrogen and oxygen atoms in total. The smallest absolute Gasteiger partial charge is 0.428 e. The number of aromatic carboxylic acids is 1. The minimum atomic E-state index is -2.24. The monoisotopic (exact) mass is 1370 g/mol. The zero-order valence-corrected chi connectivity index (χ0v) is 56.5. The fourth-order valence-corrected chi connectivity index (χ4v) is 20.3. The molecule has 0 bridgehead atoms. The van der Waals surface area contributed by atoms with Gasteiger partial charge in [0.25, 0.3) is 0 Å². The number of aliphatic hydroxyl groups excluding tert-OH is 2. The number of pyridine rings is 1. The molecule has 1 saturated heterocycles. The second-order valence-electron chi connectivity index (χ2n) is 17.2. The predicted octanol–water partition coefficient (Wildman–Crippen LogP) is 3.66. The molecule has 0 spiro atoms. The van der Waals surface area contributed by atoms with E-state index >= 15 is 0 Å². The van der Waals surface area contributed by atoms with E-state index in [1.165, 1.54) is 35.4 Å². The van der Waals surface area contributed by atoms with Crippen LogP contribution in [-0.4, -0.2) is 147 Å². The molecule has 1 aromatic heterocycles. The van der Waals surface area contributed by atoms with Gasteiger partial charge >= 0.3 is 122 Å². The molecule has 77 heavy (non-hydrogen) atoms. The summed E-state index contributed by atoms with van der Waals surface area (Å²) >= 11 is 14.5. The number of phenols is 2. The molecule has 1 aliphatic heterocycles. The number of aromatic hydroxyl groups is 2. The van der Waals surface area contributed by atoms with Crippen LogP contribution in [0.15, 0.2) is 71.8 Å². The van der Waals surface area contributed by atoms with E-state index < -0.39 is 125 Å². The number of carbonyl (C=O) groups is 4. The molecule has 6 atom stereocenters. The summed E-state index contributed by atoms with van der Waals surface area (Å²) in [6, 6.07) is 15.8. The molecule has 0 radical (unpaired) electrons. The van der Waals surface area contributed by atoms with Gasteiger partial charge in [-0.05, 0) is 74.4 Å². The number of carboxylic acid groups (broad SMARTS) is 1. The first-order valence-electron chi connectivity index (χ1n) is 24.3. The fourth-order valence-electron chi connectivity index (χ4n) is 8.28. The first-order valence-corrected chi connectivity index (χ1v) is 39.3. The summed E-state index contributed by atoms with van der Waals surface area (Å²) in [5.41, 5.74) is 2.72. The van der Waals surface area contributed by atoms with Crippen LogP contribution in [0.5, 0.6) is 17.2 Å². The maximum Gasteiger partial charge on any atom is 1.00 e. The number of benzene rings is 3. The number of aromatic nitrogens is 1. The number of carboxylic acids is 1. The summed E-state index contributed by atoms with van der Waals surface area (Å²) in [5, 5.41) is 73.1. The third-order valence-electron chi connectivity index (χ3n) is 12.4. The van der Waals surface area contributed by atoms with Crippen molar-refractivity contribution in [3.05, 3.63) is 110 Å². The number of nitrogens with zero attached hydrogens (tertiary/aromatic N) is 3. The summed E-state index contributed by atoms with van der Waals surface area (Å²) in [6.07, 6.45) is -3.63. The molecule has 0 unspecified atom stereocenters. The van der Waals surface area contributed by atoms with Crippen molar-refractivity contribution >= 4 is 98.4 Å². The van der Waals surface area contributed by atoms with E-state index in [0.717, 1.165) is 44.4 Å². The van der Waals surface area contributed by atoms with Crippen LogP contribution in [0.4, 0.5) is 0 Å². The van der Waals surface area contributed by atoms with E-state index in [0.29, 0.717) is 10.2 Å². The average molecular weight is 1370 g/mol. The third kappa shape index (κ3) is 17.4. The van der Waals surface area contributed by atoms with Gasteiger partial charge in [0.15, 0.2) is 17.9 Å². The van der Waals surface area contributed by atoms with Gasteiger partial charge in [0.1, 0.15) is 42.7 Å². The van der Waals surface area contributed by atoms with Crippen molar-refractivity contribution < 1.29 is 122 Å². The summed E-state index contributed by atoms with van der Waals surface area (Å²) in [6.45, 7) is 15.0. The van der Waals surface area contributed by atoms with Crippen molar-refractivity contribution in [1.82, 2.24) is 14.5 Å². The van der Waals surface area contributed by atoms with E-state index in [1.807, 2.05) is 12.1 Å². The molecule has 410 valence electrons. The Hall–Kier alpha value is -2.76. The number of fused-ring (bicyclic) bond motifs is 3. The van der Waals surface area contributed by atoms with Gasteiger partial charge in [-0.3, -0.25) is 14.4 Å². The van der Waals surface area contributed by atoms with Crippen molar-refractivity contribution in [1.29, 1.82) is 0 Å². The van der Waals surface area contributed by atoms with Gasteiger partial charge in [0.2, 0.25) is 5.78 Å². The number of Topliss-reactive ketones (excluding diaryl/α,β-unsaturated/α-hetero) is 1. The Labute approximate surface area is 509 Å². The van der Waals surface area contributed by atoms with Crippen molar-refractivity contribution in [2.45, 2.75) is 106 Å². The van der Waals surface area contributed by atoms with Gasteiger partial charge in [0, 0.05) is 74.4 Å². The standard InChI is InChI=1S/C27H29NO11.C10H20N2S4.C7H6O2S.C5H5NOS.C2H5.Hg.Na/c1-10-22(31)13(28)6-17(38-10)39-15-8-27(36,16(30)9-29)7-12-19(15)26(35)21-20(24(12)33)23(32)11-4-3-5-14(37-2)18(11)25(21)34;1-5-11(6-2)9(13)15-16-10(14)12(7-3)8-4;8-7(9)5-3-1-2-4-6(5)10;7-6-4-2-1-3-5(6)8;1-2;;/h3-5,10,13,15,17,22,29,31,33,35-36H,6-9,28H2,1-2H3;5-8H2,1-4H3;1-4,10H,(H,8,9);1-4,7H;1H2,2H3;;/q;;;;;2*+1/p-2/t10-,13-,15-,17-,22+,27-;;;;;;/m0....../s1. The van der Waals surface area contributed by atoms with Crippen molar-refractivity contribution in [3.63, 3.8) is 0 Å². The summed E-state index contributed by atoms with van der Waals surface area (Å²) in [7, 11) is 6.28. The molecule has 4 aromatic rings. The minimum absolute atomic E-state index is 0. The summed E-state index contributed by atoms with van der Waals surface area (Å²) in [5.74, 6) is -4.84. The molecule has 26 heteroatoms. The molecule has 1 fully saturated rings. The number of phenolic OH excluding ortho intramolecular Hbond substituents is 2. The van der Waals surface area contributed by atoms with Gasteiger partial charge < -0.3 is 60.5 Å². The number of nitrogens with two attached hydrogens (primary N) is 1. The molecule has 0 amide bonds. The van der Waals surface area contributed by atoms with Gasteiger partial charge in [-0.15, -0.1) is 0 Å². The number of rotatable bonds is 13. The first-order chi connectivity index (χ1) is 36.1. The van der Waals surface area contributed by atoms with E-state index in [-0.39, 0.29) is 64.0 Å². The summed E-state index contributed by atoms with van der Waals surface area (Å²) < 4.78 is 21.4. The Morgan fingerprint density at radius 1 is 0.909 bits per heavy atom. The number of ketones is 3. The SMILES string of the molecule is CCN(CC)C(=S)SSC(=S)N(CC)CC.COc1cccc2c1C(=O)c1c(O)c3c(c(O)c1C2=O)C[C@@](O)(C(=O)CO)C[C@@H]3O[C@H]1C[C@H](N)[C@H](O)[C@H](C)O1.C[CH2][Hg][S]c1ccccc1C(=O)[O-].On1ccccc1=S.[Na+]. The zero-order chi connectivity index (χ0) is 56.6. The average Bonchev–Trinajstić information content (AvgIpc) is 3.40. The number of hydrogen-bond acceptors (Lipinski definition) is 21. The molecule has 8 N–H and O–H groups in total. The second-order valence-corrected chi connectivity index (χ2v) is 34.2. The van der Waals surface area contributed by atoms with E-state index in [9.17, 15) is 49.8 Å². The topological polar surface area (TPSA) is 278 Å². The number of thiocarbonyl (C=S) groups is 2. The molecule has 2 aliphatic carbocycles. The minimum Gasteiger partial charge on any atom is -0.428 e. The Morgan fingerprint density at radius 2 is 1.49 bits per heavy atom. The normalized spacial score (nSPS) is 19.7. The van der Waals surface area contributed by atoms with Gasteiger partial charge in [-0.25, -0.2) is 0 Å². The van der Waals surface area contributed by atoms with Crippen LogP contribution in [0.2, 0.25) is 3.93 Å².